The average molecular weight is 724 g/mol. The van der Waals surface area contributed by atoms with Crippen LogP contribution in [0.2, 0.25) is 16.6 Å². The second-order valence-electron chi connectivity index (χ2n) is 12.4. The summed E-state index contributed by atoms with van der Waals surface area (Å²) in [5.41, 5.74) is 3.58. The first kappa shape index (κ1) is 34.9. The summed E-state index contributed by atoms with van der Waals surface area (Å²) >= 11 is 4.92. The Hall–Kier alpha value is -2.00. The molecular weight excluding hydrogens is 680 g/mol. The number of carbonyl (C=O) groups is 1. The first-order valence-corrected chi connectivity index (χ1v) is 20.2. The summed E-state index contributed by atoms with van der Waals surface area (Å²) in [5.74, 6) is 0.262. The van der Waals surface area contributed by atoms with E-state index in [1.165, 1.54) is 23.9 Å². The van der Waals surface area contributed by atoms with Gasteiger partial charge < -0.3 is 9.74 Å². The second-order valence-corrected chi connectivity index (χ2v) is 21.1. The molecule has 0 aliphatic heterocycles. The number of anilines is 1. The van der Waals surface area contributed by atoms with Crippen molar-refractivity contribution in [3.05, 3.63) is 74.3 Å². The van der Waals surface area contributed by atoms with Gasteiger partial charge in [0.1, 0.15) is 12.1 Å². The molecule has 2 heterocycles. The number of thiophene rings is 1. The van der Waals surface area contributed by atoms with Gasteiger partial charge in [-0.25, -0.2) is 9.97 Å². The van der Waals surface area contributed by atoms with Crippen LogP contribution >= 0.6 is 27.3 Å². The van der Waals surface area contributed by atoms with E-state index in [9.17, 15) is 13.2 Å². The lowest BCUT2D eigenvalue weighted by atomic mass is 10.1. The molecule has 4 rings (SSSR count). The van der Waals surface area contributed by atoms with E-state index in [0.29, 0.717) is 45.7 Å². The molecule has 0 unspecified atom stereocenters. The van der Waals surface area contributed by atoms with Crippen molar-refractivity contribution in [1.29, 1.82) is 0 Å². The zero-order chi connectivity index (χ0) is 32.2. The first-order valence-electron chi connectivity index (χ1n) is 14.9. The van der Waals surface area contributed by atoms with Crippen molar-refractivity contribution in [1.82, 2.24) is 14.7 Å². The van der Waals surface area contributed by atoms with Gasteiger partial charge in [-0.15, -0.1) is 11.3 Å². The van der Waals surface area contributed by atoms with Crippen molar-refractivity contribution in [3.8, 4) is 0 Å². The van der Waals surface area contributed by atoms with Crippen molar-refractivity contribution in [2.24, 2.45) is 0 Å². The van der Waals surface area contributed by atoms with E-state index in [0.717, 1.165) is 29.1 Å². The van der Waals surface area contributed by atoms with Gasteiger partial charge in [0.05, 0.1) is 29.7 Å². The van der Waals surface area contributed by atoms with Crippen LogP contribution in [-0.2, 0) is 25.3 Å². The zero-order valence-electron chi connectivity index (χ0n) is 26.3. The Balaban J connectivity index is 1.56. The lowest BCUT2D eigenvalue weighted by Gasteiger charge is -2.45. The minimum atomic E-state index is -3.95. The maximum atomic E-state index is 13.7. The predicted octanol–water partition coefficient (Wildman–Crippen LogP) is 7.11. The third kappa shape index (κ3) is 8.04. The molecule has 1 aliphatic rings. The van der Waals surface area contributed by atoms with Gasteiger partial charge in [-0.1, -0.05) is 69.6 Å². The Bertz CT molecular complexity index is 1530. The van der Waals surface area contributed by atoms with Crippen LogP contribution in [0.15, 0.2) is 52.7 Å². The summed E-state index contributed by atoms with van der Waals surface area (Å²) in [5, 5.41) is 5.44. The van der Waals surface area contributed by atoms with Crippen LogP contribution in [0, 0.1) is 0 Å². The number of ketones is 1. The van der Waals surface area contributed by atoms with Gasteiger partial charge in [-0.3, -0.25) is 8.98 Å². The van der Waals surface area contributed by atoms with Crippen LogP contribution in [-0.4, -0.2) is 57.8 Å². The first-order chi connectivity index (χ1) is 20.8. The monoisotopic (exact) mass is 722 g/mol. The van der Waals surface area contributed by atoms with Gasteiger partial charge in [0.15, 0.2) is 0 Å². The lowest BCUT2D eigenvalue weighted by molar-refractivity contribution is 0.104. The maximum Gasteiger partial charge on any atom is 0.335 e. The fourth-order valence-corrected chi connectivity index (χ4v) is 14.3. The standard InChI is InChI=1S/C31H43BrN4O5S2Si/c1-19(2)44(20(3)4,21(5)6)41-28-15-25(14-27(28)36-43(38,39)40-7)35-31-26(16-33-18-34-31)30(37)29-13-23(17-42-29)11-22-9-8-10-24(32)12-22/h8-10,12-13,16-21,25,27-28,36H,11,14-15H2,1-7H3,(H,33,34,35)/t25-,27-,28+/m1/s1. The Kier molecular flexibility index (Phi) is 11.6. The fourth-order valence-electron chi connectivity index (χ4n) is 6.68. The SMILES string of the molecule is COS(=O)(=O)N[C@@H]1C[C@@H](Nc2ncncc2C(=O)c2cc(Cc3cccc(Br)c3)cs2)C[C@@H]1O[Si](C(C)C)(C(C)C)C(C)C. The number of hydrogen-bond donors (Lipinski definition) is 2. The van der Waals surface area contributed by atoms with Crippen LogP contribution < -0.4 is 10.0 Å². The van der Waals surface area contributed by atoms with E-state index in [-0.39, 0.29) is 17.9 Å². The molecule has 1 saturated carbocycles. The number of halogens is 1. The van der Waals surface area contributed by atoms with E-state index < -0.39 is 24.7 Å². The Morgan fingerprint density at radius 2 is 1.80 bits per heavy atom. The van der Waals surface area contributed by atoms with Crippen LogP contribution in [0.4, 0.5) is 5.82 Å². The molecule has 0 bridgehead atoms. The fraction of sp³-hybridized carbons (Fsp3) is 0.516. The van der Waals surface area contributed by atoms with Crippen molar-refractivity contribution in [3.63, 3.8) is 0 Å². The van der Waals surface area contributed by atoms with Gasteiger partial charge in [-0.2, -0.15) is 13.1 Å². The predicted molar refractivity (Wildman–Crippen MR) is 182 cm³/mol. The van der Waals surface area contributed by atoms with Crippen molar-refractivity contribution < 1.29 is 21.8 Å². The largest absolute Gasteiger partial charge is 0.411 e. The number of carbonyl (C=O) groups excluding carboxylic acids is 1. The topological polar surface area (TPSA) is 120 Å². The third-order valence-corrected chi connectivity index (χ3v) is 17.2. The minimum Gasteiger partial charge on any atom is -0.411 e. The summed E-state index contributed by atoms with van der Waals surface area (Å²) in [7, 11) is -5.14. The minimum absolute atomic E-state index is 0.160. The smallest absolute Gasteiger partial charge is 0.335 e. The van der Waals surface area contributed by atoms with Crippen molar-refractivity contribution in [2.45, 2.75) is 95.6 Å². The molecule has 3 aromatic rings. The van der Waals surface area contributed by atoms with Gasteiger partial charge in [0, 0.05) is 16.7 Å². The van der Waals surface area contributed by atoms with Crippen LogP contribution in [0.5, 0.6) is 0 Å². The highest BCUT2D eigenvalue weighted by molar-refractivity contribution is 9.10. The van der Waals surface area contributed by atoms with Crippen LogP contribution in [0.25, 0.3) is 0 Å². The van der Waals surface area contributed by atoms with Gasteiger partial charge in [0.2, 0.25) is 14.1 Å². The molecule has 1 aromatic carbocycles. The summed E-state index contributed by atoms with van der Waals surface area (Å²) < 4.78 is 40.6. The molecule has 2 N–H and O–H groups in total. The van der Waals surface area contributed by atoms with Gasteiger partial charge in [-0.05, 0) is 70.6 Å². The Morgan fingerprint density at radius 3 is 2.43 bits per heavy atom. The van der Waals surface area contributed by atoms with E-state index in [1.807, 2.05) is 23.6 Å². The number of hydrogen-bond acceptors (Lipinski definition) is 9. The number of rotatable bonds is 14. The van der Waals surface area contributed by atoms with Crippen LogP contribution in [0.3, 0.4) is 0 Å². The van der Waals surface area contributed by atoms with Crippen molar-refractivity contribution in [2.75, 3.05) is 12.4 Å². The van der Waals surface area contributed by atoms with Crippen molar-refractivity contribution >= 4 is 57.5 Å². The summed E-state index contributed by atoms with van der Waals surface area (Å²) in [6.45, 7) is 13.2. The van der Waals surface area contributed by atoms with Crippen LogP contribution in [0.1, 0.15) is 80.7 Å². The zero-order valence-corrected chi connectivity index (χ0v) is 30.6. The lowest BCUT2D eigenvalue weighted by Crippen LogP contribution is -2.53. The quantitative estimate of drug-likeness (QED) is 0.134. The molecular formula is C31H43BrN4O5S2Si. The highest BCUT2D eigenvalue weighted by atomic mass is 79.9. The summed E-state index contributed by atoms with van der Waals surface area (Å²) in [4.78, 5) is 22.9. The number of aromatic nitrogens is 2. The molecule has 9 nitrogen and oxygen atoms in total. The molecule has 240 valence electrons. The van der Waals surface area contributed by atoms with Gasteiger partial charge in [0.25, 0.3) is 0 Å². The third-order valence-electron chi connectivity index (χ3n) is 8.55. The second kappa shape index (κ2) is 14.6. The van der Waals surface area contributed by atoms with E-state index >= 15 is 0 Å². The molecule has 2 aromatic heterocycles. The molecule has 1 aliphatic carbocycles. The Morgan fingerprint density at radius 1 is 1.09 bits per heavy atom. The molecule has 13 heteroatoms. The molecule has 0 radical (unpaired) electrons. The van der Waals surface area contributed by atoms with E-state index in [4.69, 9.17) is 8.61 Å². The molecule has 0 spiro atoms. The van der Waals surface area contributed by atoms with E-state index in [2.05, 4.69) is 89.6 Å². The summed E-state index contributed by atoms with van der Waals surface area (Å²) in [6.07, 6.45) is 4.29. The molecule has 0 amide bonds. The number of benzene rings is 1. The normalized spacial score (nSPS) is 19.3. The average Bonchev–Trinajstić information content (AvgIpc) is 3.57. The van der Waals surface area contributed by atoms with E-state index in [1.54, 1.807) is 0 Å². The molecule has 3 atom stereocenters. The molecule has 44 heavy (non-hydrogen) atoms. The van der Waals surface area contributed by atoms with Gasteiger partial charge >= 0.3 is 10.3 Å². The highest BCUT2D eigenvalue weighted by Crippen LogP contribution is 2.45. The highest BCUT2D eigenvalue weighted by Gasteiger charge is 2.50. The molecule has 0 saturated heterocycles. The number of nitrogens with zero attached hydrogens (tertiary/aromatic N) is 2. The summed E-state index contributed by atoms with van der Waals surface area (Å²) in [6, 6.07) is 9.34. The molecule has 1 fully saturated rings. The number of nitrogens with one attached hydrogen (secondary N) is 2. The maximum absolute atomic E-state index is 13.7. The Labute approximate surface area is 275 Å².